The first-order valence-corrected chi connectivity index (χ1v) is 4.10. The molecule has 0 saturated heterocycles. The maximum absolute atomic E-state index is 5.08. The summed E-state index contributed by atoms with van der Waals surface area (Å²) < 4.78 is 8.50. The number of hydrogen-bond acceptors (Lipinski definition) is 3. The molecule has 6 nitrogen and oxygen atoms in total. The predicted molar refractivity (Wildman–Crippen MR) is 46.0 cm³/mol. The lowest BCUT2D eigenvalue weighted by Crippen LogP contribution is -2.28. The van der Waals surface area contributed by atoms with Gasteiger partial charge in [0.25, 0.3) is 0 Å². The van der Waals surface area contributed by atoms with Gasteiger partial charge in [-0.2, -0.15) is 4.52 Å². The van der Waals surface area contributed by atoms with Gasteiger partial charge in [-0.05, 0) is 6.20 Å². The van der Waals surface area contributed by atoms with E-state index in [4.69, 9.17) is 4.74 Å². The summed E-state index contributed by atoms with van der Waals surface area (Å²) in [6, 6.07) is 0. The Bertz CT molecular complexity index is 596. The van der Waals surface area contributed by atoms with Gasteiger partial charge in [-0.3, -0.25) is 0 Å². The molecule has 0 aliphatic rings. The summed E-state index contributed by atoms with van der Waals surface area (Å²) in [5.41, 5.74) is 1.34. The van der Waals surface area contributed by atoms with Crippen molar-refractivity contribution in [2.45, 2.75) is 0 Å². The lowest BCUT2D eigenvalue weighted by molar-refractivity contribution is -0.674. The molecule has 0 aliphatic heterocycles. The third-order valence-corrected chi connectivity index (χ3v) is 2.02. The van der Waals surface area contributed by atoms with E-state index in [0.717, 1.165) is 11.4 Å². The van der Waals surface area contributed by atoms with Crippen LogP contribution >= 0.6 is 0 Å². The standard InChI is InChI=1S/C8H7N5O/c1-14-6-4-12-8-7(9-2-3-10-8)11-13(12)5-6/h2-5H,1H3. The van der Waals surface area contributed by atoms with E-state index >= 15 is 0 Å². The zero-order valence-corrected chi connectivity index (χ0v) is 7.45. The van der Waals surface area contributed by atoms with Crippen LogP contribution in [0.25, 0.3) is 11.3 Å². The minimum absolute atomic E-state index is 0.621. The predicted octanol–water partition coefficient (Wildman–Crippen LogP) is -0.566. The highest BCUT2D eigenvalue weighted by Gasteiger charge is 2.08. The highest BCUT2D eigenvalue weighted by atomic mass is 16.5. The molecule has 0 saturated carbocycles. The molecule has 0 bridgehead atoms. The Hall–Kier alpha value is -2.11. The Labute approximate surface area is 78.7 Å². The van der Waals surface area contributed by atoms with Gasteiger partial charge < -0.3 is 9.72 Å². The maximum atomic E-state index is 5.08. The van der Waals surface area contributed by atoms with Crippen molar-refractivity contribution in [3.8, 4) is 5.75 Å². The van der Waals surface area contributed by atoms with Crippen LogP contribution in [-0.4, -0.2) is 21.6 Å². The molecule has 70 valence electrons. The largest absolute Gasteiger partial charge is 0.490 e. The van der Waals surface area contributed by atoms with E-state index in [1.807, 2.05) is 6.20 Å². The summed E-state index contributed by atoms with van der Waals surface area (Å²) in [5.74, 6) is 0.741. The van der Waals surface area contributed by atoms with Crippen molar-refractivity contribution in [3.05, 3.63) is 24.8 Å². The van der Waals surface area contributed by atoms with Gasteiger partial charge in [0.1, 0.15) is 5.65 Å². The van der Waals surface area contributed by atoms with Crippen LogP contribution in [-0.2, 0) is 0 Å². The zero-order chi connectivity index (χ0) is 9.54. The molecule has 6 heteroatoms. The quantitative estimate of drug-likeness (QED) is 0.481. The summed E-state index contributed by atoms with van der Waals surface area (Å²) in [6.45, 7) is 0. The molecule has 3 aromatic rings. The van der Waals surface area contributed by atoms with Crippen LogP contribution in [0, 0.1) is 0 Å². The van der Waals surface area contributed by atoms with Crippen LogP contribution in [0.2, 0.25) is 0 Å². The lowest BCUT2D eigenvalue weighted by Gasteiger charge is -1.89. The SMILES string of the molecule is COc1cn2c3nccnc3[n-][n+]2c1. The van der Waals surface area contributed by atoms with E-state index in [0.29, 0.717) is 5.65 Å². The molecule has 0 aliphatic carbocycles. The van der Waals surface area contributed by atoms with Gasteiger partial charge in [0.05, 0.1) is 13.3 Å². The first-order chi connectivity index (χ1) is 6.88. The number of nitrogens with zero attached hydrogens (tertiary/aromatic N) is 5. The lowest BCUT2D eigenvalue weighted by atomic mass is 10.6. The van der Waals surface area contributed by atoms with Gasteiger partial charge in [-0.25, -0.2) is 4.98 Å². The van der Waals surface area contributed by atoms with E-state index in [1.165, 1.54) is 0 Å². The van der Waals surface area contributed by atoms with Gasteiger partial charge in [-0.15, -0.1) is 5.10 Å². The van der Waals surface area contributed by atoms with Crippen molar-refractivity contribution < 1.29 is 9.37 Å². The van der Waals surface area contributed by atoms with Crippen LogP contribution in [0.4, 0.5) is 0 Å². The molecule has 0 radical (unpaired) electrons. The first-order valence-electron chi connectivity index (χ1n) is 4.10. The molecule has 0 N–H and O–H groups in total. The van der Waals surface area contributed by atoms with Crippen molar-refractivity contribution in [1.29, 1.82) is 0 Å². The Morgan fingerprint density at radius 2 is 2.29 bits per heavy atom. The topological polar surface area (TPSA) is 57.6 Å². The molecule has 0 amide bonds. The van der Waals surface area contributed by atoms with Crippen LogP contribution in [0.5, 0.6) is 5.75 Å². The molecular weight excluding hydrogens is 182 g/mol. The van der Waals surface area contributed by atoms with Crippen LogP contribution in [0.3, 0.4) is 0 Å². The fourth-order valence-corrected chi connectivity index (χ4v) is 1.38. The molecule has 0 atom stereocenters. The van der Waals surface area contributed by atoms with Gasteiger partial charge in [0, 0.05) is 6.20 Å². The third-order valence-electron chi connectivity index (χ3n) is 2.02. The minimum Gasteiger partial charge on any atom is -0.490 e. The second-order valence-corrected chi connectivity index (χ2v) is 2.83. The number of aromatic nitrogens is 5. The molecule has 14 heavy (non-hydrogen) atoms. The normalized spacial score (nSPS) is 11.2. The Kier molecular flexibility index (Phi) is 1.27. The van der Waals surface area contributed by atoms with Crippen LogP contribution in [0.1, 0.15) is 0 Å². The van der Waals surface area contributed by atoms with E-state index in [2.05, 4.69) is 15.1 Å². The number of methoxy groups -OCH3 is 1. The smallest absolute Gasteiger partial charge is 0.245 e. The molecule has 0 unspecified atom stereocenters. The Morgan fingerprint density at radius 3 is 3.14 bits per heavy atom. The summed E-state index contributed by atoms with van der Waals surface area (Å²) in [5, 5.41) is 4.21. The van der Waals surface area contributed by atoms with Crippen molar-refractivity contribution >= 4 is 11.3 Å². The average Bonchev–Trinajstić information content (AvgIpc) is 2.73. The summed E-state index contributed by atoms with van der Waals surface area (Å²) in [6.07, 6.45) is 6.83. The van der Waals surface area contributed by atoms with Crippen molar-refractivity contribution in [1.82, 2.24) is 19.6 Å². The fourth-order valence-electron chi connectivity index (χ4n) is 1.38. The van der Waals surface area contributed by atoms with Crippen molar-refractivity contribution in [2.24, 2.45) is 0 Å². The monoisotopic (exact) mass is 189 g/mol. The molecule has 0 aromatic carbocycles. The molecule has 3 heterocycles. The molecule has 0 spiro atoms. The van der Waals surface area contributed by atoms with Crippen LogP contribution in [0.15, 0.2) is 24.8 Å². The summed E-state index contributed by atoms with van der Waals surface area (Å²) in [4.78, 5) is 8.27. The number of fused-ring (bicyclic) bond motifs is 3. The van der Waals surface area contributed by atoms with Gasteiger partial charge in [0.2, 0.25) is 6.20 Å². The second-order valence-electron chi connectivity index (χ2n) is 2.83. The number of hydrogen-bond donors (Lipinski definition) is 0. The molecule has 0 fully saturated rings. The van der Waals surface area contributed by atoms with E-state index in [9.17, 15) is 0 Å². The summed E-state index contributed by atoms with van der Waals surface area (Å²) in [7, 11) is 1.61. The van der Waals surface area contributed by atoms with Crippen LogP contribution < -0.4 is 14.5 Å². The molecule has 3 aromatic heterocycles. The molecule has 3 rings (SSSR count). The minimum atomic E-state index is 0.621. The fraction of sp³-hybridized carbons (Fsp3) is 0.125. The highest BCUT2D eigenvalue weighted by molar-refractivity contribution is 5.62. The number of ether oxygens (including phenoxy) is 1. The van der Waals surface area contributed by atoms with Crippen molar-refractivity contribution in [3.63, 3.8) is 0 Å². The second kappa shape index (κ2) is 2.44. The molecular formula is C8H7N5O. The number of rotatable bonds is 1. The van der Waals surface area contributed by atoms with Gasteiger partial charge >= 0.3 is 0 Å². The Balaban J connectivity index is 2.45. The average molecular weight is 189 g/mol. The van der Waals surface area contributed by atoms with Gasteiger partial charge in [0.15, 0.2) is 11.4 Å². The van der Waals surface area contributed by atoms with Crippen molar-refractivity contribution in [2.75, 3.05) is 7.11 Å². The van der Waals surface area contributed by atoms with E-state index < -0.39 is 0 Å². The summed E-state index contributed by atoms with van der Waals surface area (Å²) >= 11 is 0. The van der Waals surface area contributed by atoms with Gasteiger partial charge in [-0.1, -0.05) is 4.63 Å². The first kappa shape index (κ1) is 7.31. The highest BCUT2D eigenvalue weighted by Crippen LogP contribution is 2.08. The zero-order valence-electron chi connectivity index (χ0n) is 7.45. The Morgan fingerprint density at radius 1 is 1.43 bits per heavy atom. The third kappa shape index (κ3) is 0.819. The maximum Gasteiger partial charge on any atom is 0.245 e. The van der Waals surface area contributed by atoms with E-state index in [-0.39, 0.29) is 0 Å². The van der Waals surface area contributed by atoms with E-state index in [1.54, 1.807) is 34.8 Å².